The van der Waals surface area contributed by atoms with E-state index >= 15 is 0 Å². The minimum absolute atomic E-state index is 0.171. The number of nitrogens with zero attached hydrogens (tertiary/aromatic N) is 1. The Labute approximate surface area is 147 Å². The summed E-state index contributed by atoms with van der Waals surface area (Å²) in [5.41, 5.74) is 3.16. The molecular weight excluding hydrogens is 330 g/mol. The molecule has 0 saturated heterocycles. The van der Waals surface area contributed by atoms with Crippen molar-refractivity contribution >= 4 is 23.7 Å². The van der Waals surface area contributed by atoms with Gasteiger partial charge in [0.25, 0.3) is 5.91 Å². The summed E-state index contributed by atoms with van der Waals surface area (Å²) in [4.78, 5) is 11.8. The van der Waals surface area contributed by atoms with E-state index in [-0.39, 0.29) is 12.5 Å². The molecule has 132 valence electrons. The van der Waals surface area contributed by atoms with E-state index in [2.05, 4.69) is 15.8 Å². The molecule has 0 aliphatic heterocycles. The Morgan fingerprint density at radius 3 is 2.62 bits per heavy atom. The average molecular weight is 354 g/mol. The van der Waals surface area contributed by atoms with Crippen molar-refractivity contribution in [2.45, 2.75) is 38.1 Å². The van der Waals surface area contributed by atoms with Crippen LogP contribution in [-0.2, 0) is 4.79 Å². The Morgan fingerprint density at radius 1 is 1.25 bits per heavy atom. The lowest BCUT2D eigenvalue weighted by Gasteiger charge is -2.22. The smallest absolute Gasteiger partial charge is 0.254 e. The first kappa shape index (κ1) is 18.5. The molecular formula is C17H24ClN3O3. The summed E-state index contributed by atoms with van der Waals surface area (Å²) in [6.45, 7) is 0.266. The minimum Gasteiger partial charge on any atom is -0.496 e. The normalized spacial score (nSPS) is 15.5. The van der Waals surface area contributed by atoms with E-state index in [1.165, 1.54) is 32.6 Å². The van der Waals surface area contributed by atoms with Crippen LogP contribution in [0.2, 0.25) is 5.02 Å². The number of carbonyl (C=O) groups excluding carboxylic acids is 1. The van der Waals surface area contributed by atoms with Crippen LogP contribution in [0.25, 0.3) is 0 Å². The van der Waals surface area contributed by atoms with E-state index in [4.69, 9.17) is 21.1 Å². The largest absolute Gasteiger partial charge is 0.496 e. The molecule has 0 unspecified atom stereocenters. The Kier molecular flexibility index (Phi) is 7.34. The summed E-state index contributed by atoms with van der Waals surface area (Å²) in [5, 5.41) is 7.68. The lowest BCUT2D eigenvalue weighted by molar-refractivity contribution is -0.120. The second kappa shape index (κ2) is 9.49. The van der Waals surface area contributed by atoms with Gasteiger partial charge in [-0.2, -0.15) is 5.10 Å². The van der Waals surface area contributed by atoms with E-state index in [0.717, 1.165) is 12.8 Å². The van der Waals surface area contributed by atoms with Crippen LogP contribution in [0.15, 0.2) is 17.2 Å². The van der Waals surface area contributed by atoms with Crippen molar-refractivity contribution in [2.75, 3.05) is 20.8 Å². The number of hydrogen-bond donors (Lipinski definition) is 2. The second-order valence-corrected chi connectivity index (χ2v) is 6.14. The third-order valence-electron chi connectivity index (χ3n) is 4.05. The number of benzene rings is 1. The molecule has 1 aromatic rings. The van der Waals surface area contributed by atoms with Crippen molar-refractivity contribution in [3.63, 3.8) is 0 Å². The number of hydrogen-bond acceptors (Lipinski definition) is 5. The minimum atomic E-state index is -0.171. The molecule has 1 fully saturated rings. The summed E-state index contributed by atoms with van der Waals surface area (Å²) in [6.07, 6.45) is 7.53. The van der Waals surface area contributed by atoms with Gasteiger partial charge in [0.05, 0.1) is 32.0 Å². The van der Waals surface area contributed by atoms with Crippen LogP contribution in [0, 0.1) is 0 Å². The maximum atomic E-state index is 11.8. The molecule has 1 aliphatic carbocycles. The quantitative estimate of drug-likeness (QED) is 0.584. The molecule has 0 aromatic heterocycles. The Hall–Kier alpha value is -1.79. The van der Waals surface area contributed by atoms with E-state index in [1.54, 1.807) is 19.2 Å². The fourth-order valence-electron chi connectivity index (χ4n) is 2.74. The van der Waals surface area contributed by atoms with Crippen LogP contribution in [0.5, 0.6) is 11.5 Å². The molecule has 0 radical (unpaired) electrons. The first-order valence-corrected chi connectivity index (χ1v) is 8.48. The number of hydrazone groups is 1. The average Bonchev–Trinajstić information content (AvgIpc) is 2.61. The first-order chi connectivity index (χ1) is 11.6. The summed E-state index contributed by atoms with van der Waals surface area (Å²) in [7, 11) is 3.08. The lowest BCUT2D eigenvalue weighted by atomic mass is 9.95. The van der Waals surface area contributed by atoms with E-state index in [9.17, 15) is 4.79 Å². The Balaban J connectivity index is 1.86. The van der Waals surface area contributed by atoms with Gasteiger partial charge in [-0.15, -0.1) is 0 Å². The van der Waals surface area contributed by atoms with Crippen LogP contribution in [0.1, 0.15) is 37.7 Å². The summed E-state index contributed by atoms with van der Waals surface area (Å²) >= 11 is 6.10. The highest BCUT2D eigenvalue weighted by Crippen LogP contribution is 2.31. The molecule has 2 N–H and O–H groups in total. The SMILES string of the molecule is COc1cc(OC)c(/C=N\NC(=O)CNC2CCCCC2)cc1Cl. The van der Waals surface area contributed by atoms with Gasteiger partial charge in [-0.3, -0.25) is 4.79 Å². The fourth-order valence-corrected chi connectivity index (χ4v) is 2.99. The van der Waals surface area contributed by atoms with E-state index in [0.29, 0.717) is 28.1 Å². The van der Waals surface area contributed by atoms with Crippen molar-refractivity contribution in [1.29, 1.82) is 0 Å². The van der Waals surface area contributed by atoms with E-state index < -0.39 is 0 Å². The zero-order valence-corrected chi connectivity index (χ0v) is 14.9. The molecule has 6 nitrogen and oxygen atoms in total. The highest BCUT2D eigenvalue weighted by atomic mass is 35.5. The second-order valence-electron chi connectivity index (χ2n) is 5.74. The Morgan fingerprint density at radius 2 is 1.96 bits per heavy atom. The van der Waals surface area contributed by atoms with Gasteiger partial charge in [0.2, 0.25) is 0 Å². The zero-order chi connectivity index (χ0) is 17.4. The van der Waals surface area contributed by atoms with Crippen LogP contribution in [0.3, 0.4) is 0 Å². The van der Waals surface area contributed by atoms with Gasteiger partial charge < -0.3 is 14.8 Å². The number of ether oxygens (including phenoxy) is 2. The third-order valence-corrected chi connectivity index (χ3v) is 4.35. The molecule has 7 heteroatoms. The molecule has 0 heterocycles. The van der Waals surface area contributed by atoms with Crippen molar-refractivity contribution < 1.29 is 14.3 Å². The van der Waals surface area contributed by atoms with Gasteiger partial charge in [0.15, 0.2) is 0 Å². The van der Waals surface area contributed by atoms with Gasteiger partial charge in [0.1, 0.15) is 11.5 Å². The highest BCUT2D eigenvalue weighted by Gasteiger charge is 2.13. The van der Waals surface area contributed by atoms with E-state index in [1.807, 2.05) is 0 Å². The van der Waals surface area contributed by atoms with Crippen LogP contribution < -0.4 is 20.2 Å². The molecule has 1 aromatic carbocycles. The maximum absolute atomic E-state index is 11.8. The summed E-state index contributed by atoms with van der Waals surface area (Å²) in [6, 6.07) is 3.79. The van der Waals surface area contributed by atoms with Gasteiger partial charge in [-0.25, -0.2) is 5.43 Å². The number of amides is 1. The maximum Gasteiger partial charge on any atom is 0.254 e. The Bertz CT molecular complexity index is 587. The van der Waals surface area contributed by atoms with Crippen molar-refractivity contribution in [3.8, 4) is 11.5 Å². The molecule has 1 amide bonds. The summed E-state index contributed by atoms with van der Waals surface area (Å²) < 4.78 is 10.4. The summed E-state index contributed by atoms with van der Waals surface area (Å²) in [5.74, 6) is 0.913. The lowest BCUT2D eigenvalue weighted by Crippen LogP contribution is -2.38. The molecule has 0 bridgehead atoms. The molecule has 24 heavy (non-hydrogen) atoms. The van der Waals surface area contributed by atoms with Crippen LogP contribution in [0.4, 0.5) is 0 Å². The topological polar surface area (TPSA) is 72.0 Å². The predicted octanol–water partition coefficient (Wildman–Crippen LogP) is 2.73. The number of halogens is 1. The number of carbonyl (C=O) groups is 1. The molecule has 0 spiro atoms. The predicted molar refractivity (Wildman–Crippen MR) is 95.2 cm³/mol. The van der Waals surface area contributed by atoms with Gasteiger partial charge in [-0.05, 0) is 18.9 Å². The molecule has 2 rings (SSSR count). The van der Waals surface area contributed by atoms with Crippen LogP contribution in [-0.4, -0.2) is 38.9 Å². The zero-order valence-electron chi connectivity index (χ0n) is 14.1. The third kappa shape index (κ3) is 5.39. The van der Waals surface area contributed by atoms with Gasteiger partial charge in [0, 0.05) is 17.7 Å². The van der Waals surface area contributed by atoms with Crippen molar-refractivity contribution in [2.24, 2.45) is 5.10 Å². The van der Waals surface area contributed by atoms with Gasteiger partial charge >= 0.3 is 0 Å². The van der Waals surface area contributed by atoms with Gasteiger partial charge in [-0.1, -0.05) is 30.9 Å². The fraction of sp³-hybridized carbons (Fsp3) is 0.529. The number of rotatable bonds is 7. The van der Waals surface area contributed by atoms with Crippen LogP contribution >= 0.6 is 11.6 Å². The van der Waals surface area contributed by atoms with Crippen molar-refractivity contribution in [3.05, 3.63) is 22.7 Å². The molecule has 1 aliphatic rings. The van der Waals surface area contributed by atoms with Crippen molar-refractivity contribution in [1.82, 2.24) is 10.7 Å². The number of nitrogens with one attached hydrogen (secondary N) is 2. The monoisotopic (exact) mass is 353 g/mol. The first-order valence-electron chi connectivity index (χ1n) is 8.11. The molecule has 1 saturated carbocycles. The number of methoxy groups -OCH3 is 2. The molecule has 0 atom stereocenters. The standard InChI is InChI=1S/C17H24ClN3O3/c1-23-15-9-16(24-2)14(18)8-12(15)10-20-21-17(22)11-19-13-6-4-3-5-7-13/h8-10,13,19H,3-7,11H2,1-2H3,(H,21,22)/b20-10-. The highest BCUT2D eigenvalue weighted by molar-refractivity contribution is 6.32.